The molecule has 2 nitrogen and oxygen atoms in total. The third-order valence-corrected chi connectivity index (χ3v) is 2.35. The van der Waals surface area contributed by atoms with Crippen LogP contribution in [0.3, 0.4) is 0 Å². The van der Waals surface area contributed by atoms with Gasteiger partial charge in [0.1, 0.15) is 0 Å². The second-order valence-corrected chi connectivity index (χ2v) is 3.79. The van der Waals surface area contributed by atoms with Crippen LogP contribution in [0.15, 0.2) is 54.6 Å². The summed E-state index contributed by atoms with van der Waals surface area (Å²) in [7, 11) is -0.125. The largest absolute Gasteiger partial charge is 0.416 e. The summed E-state index contributed by atoms with van der Waals surface area (Å²) in [5.41, 5.74) is 1.12. The van der Waals surface area contributed by atoms with Gasteiger partial charge in [0.2, 0.25) is 0 Å². The monoisotopic (exact) mass is 270 g/mol. The van der Waals surface area contributed by atoms with Crippen LogP contribution in [0.2, 0.25) is 0 Å². The fraction of sp³-hybridized carbons (Fsp3) is 0.231. The molecule has 0 saturated carbocycles. The van der Waals surface area contributed by atoms with Gasteiger partial charge in [-0.05, 0) is 6.92 Å². The zero-order chi connectivity index (χ0) is 11.2. The summed E-state index contributed by atoms with van der Waals surface area (Å²) in [6.45, 7) is 2.72. The van der Waals surface area contributed by atoms with Crippen molar-refractivity contribution in [2.75, 3.05) is 6.61 Å². The first-order valence-corrected chi connectivity index (χ1v) is 5.51. The Morgan fingerprint density at radius 2 is 2.00 bits per heavy atom. The second-order valence-electron chi connectivity index (χ2n) is 3.79. The van der Waals surface area contributed by atoms with E-state index in [0.717, 1.165) is 5.46 Å². The van der Waals surface area contributed by atoms with Crippen molar-refractivity contribution in [1.82, 2.24) is 0 Å². The van der Waals surface area contributed by atoms with E-state index < -0.39 is 0 Å². The Morgan fingerprint density at radius 3 is 2.41 bits per heavy atom. The van der Waals surface area contributed by atoms with Crippen molar-refractivity contribution >= 4 is 12.6 Å². The fourth-order valence-corrected chi connectivity index (χ4v) is 1.55. The Bertz CT molecular complexity index is 355. The van der Waals surface area contributed by atoms with Crippen LogP contribution in [0, 0.1) is 0 Å². The predicted molar refractivity (Wildman–Crippen MR) is 66.0 cm³/mol. The van der Waals surface area contributed by atoms with E-state index >= 15 is 0 Å². The van der Waals surface area contributed by atoms with Gasteiger partial charge in [0, 0.05) is 17.1 Å². The smallest absolute Gasteiger partial charge is 0.406 e. The molecule has 1 saturated heterocycles. The van der Waals surface area contributed by atoms with Crippen molar-refractivity contribution < 1.29 is 26.4 Å². The van der Waals surface area contributed by atoms with Gasteiger partial charge >= 0.3 is 7.12 Å². The molecule has 1 fully saturated rings. The molecule has 0 aliphatic carbocycles. The maximum absolute atomic E-state index is 5.48. The normalized spacial score (nSPS) is 18.2. The molecule has 2 aromatic carbocycles. The Morgan fingerprint density at radius 1 is 1.24 bits per heavy atom. The summed E-state index contributed by atoms with van der Waals surface area (Å²) >= 11 is 0. The van der Waals surface area contributed by atoms with E-state index in [1.807, 2.05) is 61.5 Å². The van der Waals surface area contributed by atoms with Gasteiger partial charge in [-0.25, -0.2) is 18.2 Å². The minimum atomic E-state index is -0.125. The van der Waals surface area contributed by atoms with E-state index in [1.54, 1.807) is 0 Å². The molecular formula is C13H15BFeO2-2. The standard InChI is InChI=1S/C8H10BO2.C5H5.Fe/c1-7-6-10-9(11-7)8-4-2-3-5-8;1-2-4-5-3-1;/h2-5,7H,6H2,1H3;1-5H;/q2*-1;. The Labute approximate surface area is 113 Å². The predicted octanol–water partition coefficient (Wildman–Crippen LogP) is 1.94. The maximum Gasteiger partial charge on any atom is 0.406 e. The van der Waals surface area contributed by atoms with Gasteiger partial charge in [-0.3, -0.25) is 0 Å². The van der Waals surface area contributed by atoms with Gasteiger partial charge in [0.05, 0.1) is 12.7 Å². The summed E-state index contributed by atoms with van der Waals surface area (Å²) in [4.78, 5) is 0. The van der Waals surface area contributed by atoms with Crippen LogP contribution in [-0.4, -0.2) is 19.8 Å². The van der Waals surface area contributed by atoms with Crippen molar-refractivity contribution in [2.24, 2.45) is 0 Å². The molecule has 17 heavy (non-hydrogen) atoms. The molecule has 1 aliphatic heterocycles. The first-order chi connectivity index (χ1) is 7.86. The third kappa shape index (κ3) is 4.53. The summed E-state index contributed by atoms with van der Waals surface area (Å²) in [6, 6.07) is 18.0. The Balaban J connectivity index is 0.000000205. The third-order valence-electron chi connectivity index (χ3n) is 2.35. The summed E-state index contributed by atoms with van der Waals surface area (Å²) < 4.78 is 10.9. The zero-order valence-electron chi connectivity index (χ0n) is 9.73. The van der Waals surface area contributed by atoms with Crippen LogP contribution in [0.5, 0.6) is 0 Å². The topological polar surface area (TPSA) is 18.5 Å². The molecule has 4 heteroatoms. The molecule has 0 spiro atoms. The van der Waals surface area contributed by atoms with Gasteiger partial charge in [0.15, 0.2) is 0 Å². The van der Waals surface area contributed by atoms with Gasteiger partial charge in [-0.15, -0.1) is 0 Å². The average Bonchev–Trinajstić information content (AvgIpc) is 3.03. The van der Waals surface area contributed by atoms with Gasteiger partial charge in [-0.2, -0.15) is 41.9 Å². The first kappa shape index (κ1) is 14.3. The molecule has 0 aromatic heterocycles. The van der Waals surface area contributed by atoms with Gasteiger partial charge < -0.3 is 9.31 Å². The van der Waals surface area contributed by atoms with Crippen molar-refractivity contribution in [1.29, 1.82) is 0 Å². The van der Waals surface area contributed by atoms with Crippen LogP contribution in [-0.2, 0) is 26.4 Å². The summed E-state index contributed by atoms with van der Waals surface area (Å²) in [5, 5.41) is 0. The quantitative estimate of drug-likeness (QED) is 0.582. The van der Waals surface area contributed by atoms with Gasteiger partial charge in [0.25, 0.3) is 0 Å². The molecule has 1 atom stereocenters. The number of rotatable bonds is 1. The fourth-order valence-electron chi connectivity index (χ4n) is 1.55. The van der Waals surface area contributed by atoms with Crippen molar-refractivity contribution in [3.05, 3.63) is 54.6 Å². The van der Waals surface area contributed by atoms with E-state index in [9.17, 15) is 0 Å². The van der Waals surface area contributed by atoms with Gasteiger partial charge in [-0.1, -0.05) is 0 Å². The van der Waals surface area contributed by atoms with Crippen LogP contribution in [0.1, 0.15) is 6.92 Å². The van der Waals surface area contributed by atoms with Crippen molar-refractivity contribution in [3.63, 3.8) is 0 Å². The molecule has 1 aliphatic rings. The average molecular weight is 270 g/mol. The Hall–Kier alpha value is -0.796. The first-order valence-electron chi connectivity index (χ1n) is 5.51. The Kier molecular flexibility index (Phi) is 6.31. The minimum Gasteiger partial charge on any atom is -0.416 e. The molecule has 1 unspecified atom stereocenters. The van der Waals surface area contributed by atoms with E-state index in [4.69, 9.17) is 9.31 Å². The molecule has 0 bridgehead atoms. The molecule has 3 rings (SSSR count). The molecule has 1 heterocycles. The molecule has 0 radical (unpaired) electrons. The van der Waals surface area contributed by atoms with Crippen molar-refractivity contribution in [3.8, 4) is 0 Å². The van der Waals surface area contributed by atoms with E-state index in [2.05, 4.69) is 0 Å². The minimum absolute atomic E-state index is 0. The summed E-state index contributed by atoms with van der Waals surface area (Å²) in [5.74, 6) is 0. The van der Waals surface area contributed by atoms with E-state index in [1.165, 1.54) is 0 Å². The molecule has 0 N–H and O–H groups in total. The van der Waals surface area contributed by atoms with Crippen LogP contribution in [0.25, 0.3) is 0 Å². The van der Waals surface area contributed by atoms with E-state index in [-0.39, 0.29) is 30.3 Å². The second kappa shape index (κ2) is 7.51. The van der Waals surface area contributed by atoms with Crippen LogP contribution in [0.4, 0.5) is 0 Å². The summed E-state index contributed by atoms with van der Waals surface area (Å²) in [6.07, 6.45) is 0.231. The SMILES string of the molecule is CC1COB(c2cc[cH-]c2)O1.[Fe].c1cc[cH-]c1. The van der Waals surface area contributed by atoms with Crippen LogP contribution >= 0.6 is 0 Å². The zero-order valence-corrected chi connectivity index (χ0v) is 10.8. The molecular weight excluding hydrogens is 255 g/mol. The number of hydrogen-bond acceptors (Lipinski definition) is 2. The van der Waals surface area contributed by atoms with E-state index in [0.29, 0.717) is 6.61 Å². The van der Waals surface area contributed by atoms with Crippen LogP contribution < -0.4 is 5.46 Å². The molecule has 92 valence electrons. The number of hydrogen-bond donors (Lipinski definition) is 0. The maximum atomic E-state index is 5.48. The molecule has 2 aromatic rings. The molecule has 0 amide bonds. The van der Waals surface area contributed by atoms with Crippen molar-refractivity contribution in [2.45, 2.75) is 13.0 Å².